The number of pyridine rings is 1. The number of ether oxygens (including phenoxy) is 2. The Bertz CT molecular complexity index is 357. The lowest BCUT2D eigenvalue weighted by atomic mass is 10.4. The van der Waals surface area contributed by atoms with Gasteiger partial charge in [-0.25, -0.2) is 9.78 Å². The maximum Gasteiger partial charge on any atom is 0.344 e. The van der Waals surface area contributed by atoms with Gasteiger partial charge in [-0.2, -0.15) is 0 Å². The molecule has 1 aromatic heterocycles. The van der Waals surface area contributed by atoms with Crippen LogP contribution < -0.4 is 4.74 Å². The molecule has 15 heavy (non-hydrogen) atoms. The summed E-state index contributed by atoms with van der Waals surface area (Å²) in [7, 11) is 0. The second-order valence-electron chi connectivity index (χ2n) is 2.54. The number of hydrogen-bond donors (Lipinski definition) is 0. The Hall–Kier alpha value is -1.00. The van der Waals surface area contributed by atoms with Gasteiger partial charge in [0, 0.05) is 12.3 Å². The standard InChI is InChI=1S/C9H9Cl2NO3/c1-2-14-8(13)5-15-7-3-6(10)4-12-9(7)11/h3-4H,2,5H2,1H3. The van der Waals surface area contributed by atoms with Crippen LogP contribution in [0.2, 0.25) is 10.2 Å². The average Bonchev–Trinajstić information content (AvgIpc) is 2.20. The Morgan fingerprint density at radius 1 is 1.53 bits per heavy atom. The quantitative estimate of drug-likeness (QED) is 0.607. The van der Waals surface area contributed by atoms with Crippen molar-refractivity contribution in [3.8, 4) is 5.75 Å². The SMILES string of the molecule is CCOC(=O)COc1cc(Cl)cnc1Cl. The van der Waals surface area contributed by atoms with E-state index >= 15 is 0 Å². The van der Waals surface area contributed by atoms with E-state index in [2.05, 4.69) is 9.72 Å². The third-order valence-corrected chi connectivity index (χ3v) is 1.91. The van der Waals surface area contributed by atoms with Crippen LogP contribution in [0.15, 0.2) is 12.3 Å². The molecule has 0 unspecified atom stereocenters. The highest BCUT2D eigenvalue weighted by Crippen LogP contribution is 2.24. The van der Waals surface area contributed by atoms with E-state index in [1.54, 1.807) is 6.92 Å². The number of halogens is 2. The summed E-state index contributed by atoms with van der Waals surface area (Å²) in [6.45, 7) is 1.81. The second kappa shape index (κ2) is 5.78. The van der Waals surface area contributed by atoms with Gasteiger partial charge in [0.1, 0.15) is 0 Å². The number of aromatic nitrogens is 1. The third kappa shape index (κ3) is 3.93. The van der Waals surface area contributed by atoms with Crippen molar-refractivity contribution >= 4 is 29.2 Å². The van der Waals surface area contributed by atoms with Crippen LogP contribution in [-0.2, 0) is 9.53 Å². The smallest absolute Gasteiger partial charge is 0.344 e. The summed E-state index contributed by atoms with van der Waals surface area (Å²) in [6, 6.07) is 1.48. The Kier molecular flexibility index (Phi) is 4.65. The van der Waals surface area contributed by atoms with Crippen LogP contribution in [0.25, 0.3) is 0 Å². The summed E-state index contributed by atoms with van der Waals surface area (Å²) in [4.78, 5) is 14.7. The van der Waals surface area contributed by atoms with Crippen LogP contribution in [-0.4, -0.2) is 24.2 Å². The zero-order valence-corrected chi connectivity index (χ0v) is 9.51. The normalized spacial score (nSPS) is 9.80. The first kappa shape index (κ1) is 12.1. The van der Waals surface area contributed by atoms with Crippen LogP contribution in [0.4, 0.5) is 0 Å². The molecule has 0 fully saturated rings. The molecule has 0 aromatic carbocycles. The fraction of sp³-hybridized carbons (Fsp3) is 0.333. The largest absolute Gasteiger partial charge is 0.479 e. The molecule has 0 saturated carbocycles. The Labute approximate surface area is 97.1 Å². The van der Waals surface area contributed by atoms with E-state index in [0.29, 0.717) is 11.6 Å². The topological polar surface area (TPSA) is 48.4 Å². The first-order valence-corrected chi connectivity index (χ1v) is 4.98. The molecule has 82 valence electrons. The van der Waals surface area contributed by atoms with Gasteiger partial charge in [-0.1, -0.05) is 23.2 Å². The monoisotopic (exact) mass is 249 g/mol. The van der Waals surface area contributed by atoms with Gasteiger partial charge in [-0.05, 0) is 6.92 Å². The van der Waals surface area contributed by atoms with Crippen molar-refractivity contribution < 1.29 is 14.3 Å². The number of carbonyl (C=O) groups is 1. The van der Waals surface area contributed by atoms with Gasteiger partial charge in [0.05, 0.1) is 11.6 Å². The summed E-state index contributed by atoms with van der Waals surface area (Å²) in [5.41, 5.74) is 0. The van der Waals surface area contributed by atoms with Crippen LogP contribution in [0, 0.1) is 0 Å². The van der Waals surface area contributed by atoms with Gasteiger partial charge < -0.3 is 9.47 Å². The predicted octanol–water partition coefficient (Wildman–Crippen LogP) is 2.33. The maximum absolute atomic E-state index is 11.0. The number of esters is 1. The maximum atomic E-state index is 11.0. The number of carbonyl (C=O) groups excluding carboxylic acids is 1. The minimum absolute atomic E-state index is 0.156. The molecule has 0 aliphatic carbocycles. The minimum Gasteiger partial charge on any atom is -0.479 e. The molecule has 0 bridgehead atoms. The number of hydrogen-bond acceptors (Lipinski definition) is 4. The van der Waals surface area contributed by atoms with Crippen molar-refractivity contribution in [2.24, 2.45) is 0 Å². The molecular weight excluding hydrogens is 241 g/mol. The minimum atomic E-state index is -0.464. The summed E-state index contributed by atoms with van der Waals surface area (Å²) < 4.78 is 9.75. The number of nitrogens with zero attached hydrogens (tertiary/aromatic N) is 1. The molecule has 0 atom stereocenters. The van der Waals surface area contributed by atoms with E-state index in [4.69, 9.17) is 27.9 Å². The Balaban J connectivity index is 2.57. The van der Waals surface area contributed by atoms with E-state index in [0.717, 1.165) is 0 Å². The van der Waals surface area contributed by atoms with E-state index in [1.807, 2.05) is 0 Å². The van der Waals surface area contributed by atoms with Gasteiger partial charge in [-0.15, -0.1) is 0 Å². The van der Waals surface area contributed by atoms with Crippen molar-refractivity contribution in [1.82, 2.24) is 4.98 Å². The first-order chi connectivity index (χ1) is 7.13. The lowest BCUT2D eigenvalue weighted by Gasteiger charge is -2.06. The Morgan fingerprint density at radius 2 is 2.27 bits per heavy atom. The highest BCUT2D eigenvalue weighted by molar-refractivity contribution is 6.33. The second-order valence-corrected chi connectivity index (χ2v) is 3.33. The molecular formula is C9H9Cl2NO3. The molecule has 4 nitrogen and oxygen atoms in total. The summed E-state index contributed by atoms with van der Waals surface area (Å²) >= 11 is 11.4. The molecule has 0 aliphatic rings. The molecule has 0 N–H and O–H groups in total. The highest BCUT2D eigenvalue weighted by Gasteiger charge is 2.07. The molecule has 1 aromatic rings. The van der Waals surface area contributed by atoms with Crippen molar-refractivity contribution in [3.63, 3.8) is 0 Å². The van der Waals surface area contributed by atoms with E-state index in [9.17, 15) is 4.79 Å². The molecule has 0 spiro atoms. The highest BCUT2D eigenvalue weighted by atomic mass is 35.5. The fourth-order valence-corrected chi connectivity index (χ4v) is 1.15. The summed E-state index contributed by atoms with van der Waals surface area (Å²) in [5.74, 6) is -0.203. The van der Waals surface area contributed by atoms with Crippen LogP contribution in [0.5, 0.6) is 5.75 Å². The molecule has 0 aliphatic heterocycles. The fourth-order valence-electron chi connectivity index (χ4n) is 0.845. The lowest BCUT2D eigenvalue weighted by Crippen LogP contribution is -2.14. The molecule has 6 heteroatoms. The van der Waals surface area contributed by atoms with Crippen LogP contribution in [0.1, 0.15) is 6.92 Å². The average molecular weight is 250 g/mol. The molecule has 0 amide bonds. The summed E-state index contributed by atoms with van der Waals surface area (Å²) in [6.07, 6.45) is 1.39. The molecule has 1 rings (SSSR count). The third-order valence-electron chi connectivity index (χ3n) is 1.42. The van der Waals surface area contributed by atoms with Gasteiger partial charge in [0.15, 0.2) is 17.5 Å². The van der Waals surface area contributed by atoms with Gasteiger partial charge in [0.25, 0.3) is 0 Å². The van der Waals surface area contributed by atoms with Crippen molar-refractivity contribution in [3.05, 3.63) is 22.4 Å². The lowest BCUT2D eigenvalue weighted by molar-refractivity contribution is -0.145. The van der Waals surface area contributed by atoms with E-state index in [1.165, 1.54) is 12.3 Å². The number of rotatable bonds is 4. The summed E-state index contributed by atoms with van der Waals surface area (Å²) in [5, 5.41) is 0.543. The van der Waals surface area contributed by atoms with Crippen molar-refractivity contribution in [2.75, 3.05) is 13.2 Å². The predicted molar refractivity (Wildman–Crippen MR) is 56.4 cm³/mol. The Morgan fingerprint density at radius 3 is 2.93 bits per heavy atom. The van der Waals surface area contributed by atoms with Gasteiger partial charge >= 0.3 is 5.97 Å². The molecule has 0 saturated heterocycles. The van der Waals surface area contributed by atoms with Gasteiger partial charge in [-0.3, -0.25) is 0 Å². The van der Waals surface area contributed by atoms with Crippen LogP contribution >= 0.6 is 23.2 Å². The van der Waals surface area contributed by atoms with Crippen molar-refractivity contribution in [2.45, 2.75) is 6.92 Å². The zero-order chi connectivity index (χ0) is 11.3. The first-order valence-electron chi connectivity index (χ1n) is 4.23. The van der Waals surface area contributed by atoms with Gasteiger partial charge in [0.2, 0.25) is 0 Å². The van der Waals surface area contributed by atoms with E-state index in [-0.39, 0.29) is 17.5 Å². The molecule has 0 radical (unpaired) electrons. The molecule has 1 heterocycles. The van der Waals surface area contributed by atoms with Crippen molar-refractivity contribution in [1.29, 1.82) is 0 Å². The van der Waals surface area contributed by atoms with E-state index < -0.39 is 5.97 Å². The zero-order valence-electron chi connectivity index (χ0n) is 8.00. The van der Waals surface area contributed by atoms with Crippen LogP contribution in [0.3, 0.4) is 0 Å².